The van der Waals surface area contributed by atoms with Crippen LogP contribution in [0.2, 0.25) is 0 Å². The minimum atomic E-state index is 0.514. The van der Waals surface area contributed by atoms with E-state index in [4.69, 9.17) is 0 Å². The lowest BCUT2D eigenvalue weighted by Gasteiger charge is -2.18. The number of hydrogen-bond donors (Lipinski definition) is 2. The van der Waals surface area contributed by atoms with Crippen LogP contribution in [-0.4, -0.2) is 7.05 Å². The van der Waals surface area contributed by atoms with Gasteiger partial charge in [0.1, 0.15) is 0 Å². The van der Waals surface area contributed by atoms with Crippen LogP contribution in [0.1, 0.15) is 31.9 Å². The summed E-state index contributed by atoms with van der Waals surface area (Å²) in [4.78, 5) is 0. The van der Waals surface area contributed by atoms with Gasteiger partial charge >= 0.3 is 0 Å². The van der Waals surface area contributed by atoms with E-state index in [9.17, 15) is 0 Å². The maximum Gasteiger partial charge on any atom is 0.0383 e. The molecule has 0 unspecified atom stereocenters. The monoisotopic (exact) mass is 308 g/mol. The van der Waals surface area contributed by atoms with Crippen LogP contribution in [0.25, 0.3) is 0 Å². The van der Waals surface area contributed by atoms with Crippen molar-refractivity contribution >= 4 is 11.4 Å². The highest BCUT2D eigenvalue weighted by atomic mass is 14.9. The van der Waals surface area contributed by atoms with E-state index in [1.165, 1.54) is 22.4 Å². The number of anilines is 2. The second-order valence-electron chi connectivity index (χ2n) is 6.42. The molecule has 0 aliphatic carbocycles. The Balaban J connectivity index is 2.18. The number of rotatable bonds is 6. The van der Waals surface area contributed by atoms with Crippen LogP contribution in [0.5, 0.6) is 0 Å². The smallest absolute Gasteiger partial charge is 0.0383 e. The predicted octanol–water partition coefficient (Wildman–Crippen LogP) is 5.62. The van der Waals surface area contributed by atoms with Crippen LogP contribution in [-0.2, 0) is 6.42 Å². The lowest BCUT2D eigenvalue weighted by Crippen LogP contribution is -2.08. The van der Waals surface area contributed by atoms with Gasteiger partial charge < -0.3 is 10.6 Å². The summed E-state index contributed by atoms with van der Waals surface area (Å²) in [7, 11) is 1.94. The third kappa shape index (κ3) is 4.88. The molecule has 0 aliphatic heterocycles. The third-order valence-corrected chi connectivity index (χ3v) is 4.20. The van der Waals surface area contributed by atoms with Crippen molar-refractivity contribution in [1.29, 1.82) is 0 Å². The van der Waals surface area contributed by atoms with Gasteiger partial charge in [-0.15, -0.1) is 0 Å². The van der Waals surface area contributed by atoms with E-state index in [1.807, 2.05) is 7.05 Å². The van der Waals surface area contributed by atoms with Crippen LogP contribution in [0.4, 0.5) is 11.4 Å². The molecule has 2 rings (SSSR count). The van der Waals surface area contributed by atoms with Gasteiger partial charge in [0.15, 0.2) is 0 Å². The fourth-order valence-electron chi connectivity index (χ4n) is 2.71. The van der Waals surface area contributed by atoms with Crippen LogP contribution in [0, 0.1) is 12.8 Å². The van der Waals surface area contributed by atoms with Crippen molar-refractivity contribution in [2.45, 2.75) is 34.1 Å². The van der Waals surface area contributed by atoms with Crippen molar-refractivity contribution in [2.24, 2.45) is 5.92 Å². The predicted molar refractivity (Wildman–Crippen MR) is 102 cm³/mol. The quantitative estimate of drug-likeness (QED) is 0.723. The zero-order valence-corrected chi connectivity index (χ0v) is 14.9. The van der Waals surface area contributed by atoms with Crippen LogP contribution < -0.4 is 10.6 Å². The Morgan fingerprint density at radius 3 is 2.00 bits per heavy atom. The van der Waals surface area contributed by atoms with Crippen LogP contribution >= 0.6 is 0 Å². The lowest BCUT2D eigenvalue weighted by atomic mass is 9.93. The molecule has 0 saturated heterocycles. The number of hydrogen-bond acceptors (Lipinski definition) is 2. The maximum atomic E-state index is 3.56. The minimum absolute atomic E-state index is 0.514. The van der Waals surface area contributed by atoms with E-state index in [0.29, 0.717) is 5.92 Å². The molecule has 2 heteroatoms. The zero-order valence-electron chi connectivity index (χ0n) is 14.9. The molecule has 0 radical (unpaired) electrons. The molecule has 0 amide bonds. The first-order valence-corrected chi connectivity index (χ1v) is 8.29. The summed E-state index contributed by atoms with van der Waals surface area (Å²) < 4.78 is 0. The van der Waals surface area contributed by atoms with E-state index < -0.39 is 0 Å². The molecule has 122 valence electrons. The van der Waals surface area contributed by atoms with Crippen LogP contribution in [0.3, 0.4) is 0 Å². The van der Waals surface area contributed by atoms with E-state index in [-0.39, 0.29) is 0 Å². The van der Waals surface area contributed by atoms with E-state index in [2.05, 4.69) is 86.9 Å². The van der Waals surface area contributed by atoms with Gasteiger partial charge in [0.2, 0.25) is 0 Å². The number of benzene rings is 2. The normalized spacial score (nSPS) is 12.1. The highest BCUT2D eigenvalue weighted by molar-refractivity contribution is 5.56. The van der Waals surface area contributed by atoms with Gasteiger partial charge in [-0.25, -0.2) is 0 Å². The number of nitrogens with one attached hydrogen (secondary N) is 2. The molecular formula is C21H28N2. The van der Waals surface area contributed by atoms with Gasteiger partial charge in [-0.1, -0.05) is 43.7 Å². The summed E-state index contributed by atoms with van der Waals surface area (Å²) in [5.41, 5.74) is 7.63. The Bertz CT molecular complexity index is 649. The second-order valence-corrected chi connectivity index (χ2v) is 6.42. The minimum Gasteiger partial charge on any atom is -0.388 e. The van der Waals surface area contributed by atoms with Gasteiger partial charge in [0.05, 0.1) is 0 Å². The molecule has 2 aromatic rings. The molecule has 0 heterocycles. The largest absolute Gasteiger partial charge is 0.388 e. The van der Waals surface area contributed by atoms with E-state index >= 15 is 0 Å². The van der Waals surface area contributed by atoms with E-state index in [1.54, 1.807) is 0 Å². The lowest BCUT2D eigenvalue weighted by molar-refractivity contribution is 0.728. The second kappa shape index (κ2) is 7.87. The molecule has 2 N–H and O–H groups in total. The molecule has 23 heavy (non-hydrogen) atoms. The van der Waals surface area contributed by atoms with Gasteiger partial charge in [-0.2, -0.15) is 0 Å². The molecule has 0 atom stereocenters. The van der Waals surface area contributed by atoms with Crippen molar-refractivity contribution in [3.05, 3.63) is 70.9 Å². The van der Waals surface area contributed by atoms with Gasteiger partial charge in [-0.05, 0) is 61.6 Å². The van der Waals surface area contributed by atoms with Crippen molar-refractivity contribution < 1.29 is 0 Å². The molecule has 0 aromatic heterocycles. The topological polar surface area (TPSA) is 24.1 Å². The standard InChI is InChI=1S/C21H28N2/c1-15(2)21(14-18-8-6-16(3)7-9-18)17(4)23-20-12-10-19(22-5)11-13-20/h6-13,15,22-23H,14H2,1-5H3/b21-17-. The Morgan fingerprint density at radius 1 is 0.913 bits per heavy atom. The summed E-state index contributed by atoms with van der Waals surface area (Å²) in [5, 5.41) is 6.70. The molecule has 0 bridgehead atoms. The molecule has 0 aliphatic rings. The fraction of sp³-hybridized carbons (Fsp3) is 0.333. The summed E-state index contributed by atoms with van der Waals surface area (Å²) >= 11 is 0. The fourth-order valence-corrected chi connectivity index (χ4v) is 2.71. The highest BCUT2D eigenvalue weighted by Crippen LogP contribution is 2.23. The first-order valence-electron chi connectivity index (χ1n) is 8.29. The summed E-state index contributed by atoms with van der Waals surface area (Å²) in [6, 6.07) is 17.2. The Morgan fingerprint density at radius 2 is 1.48 bits per heavy atom. The van der Waals surface area contributed by atoms with Crippen molar-refractivity contribution in [2.75, 3.05) is 17.7 Å². The highest BCUT2D eigenvalue weighted by Gasteiger charge is 2.09. The Hall–Kier alpha value is -2.22. The average Bonchev–Trinajstić information content (AvgIpc) is 2.54. The third-order valence-electron chi connectivity index (χ3n) is 4.20. The summed E-state index contributed by atoms with van der Waals surface area (Å²) in [6.07, 6.45) is 0.991. The number of allylic oxidation sites excluding steroid dienone is 2. The zero-order chi connectivity index (χ0) is 16.8. The van der Waals surface area contributed by atoms with Crippen LogP contribution in [0.15, 0.2) is 59.8 Å². The van der Waals surface area contributed by atoms with Gasteiger partial charge in [0, 0.05) is 24.1 Å². The number of aryl methyl sites for hydroxylation is 1. The Kier molecular flexibility index (Phi) is 5.86. The van der Waals surface area contributed by atoms with Gasteiger partial charge in [-0.3, -0.25) is 0 Å². The maximum absolute atomic E-state index is 3.56. The molecule has 2 aromatic carbocycles. The SMILES string of the molecule is CNc1ccc(N/C(C)=C(/Cc2ccc(C)cc2)C(C)C)cc1. The van der Waals surface area contributed by atoms with Crippen molar-refractivity contribution in [1.82, 2.24) is 0 Å². The Labute approximate surface area is 140 Å². The van der Waals surface area contributed by atoms with E-state index in [0.717, 1.165) is 17.8 Å². The molecule has 0 saturated carbocycles. The van der Waals surface area contributed by atoms with Gasteiger partial charge in [0.25, 0.3) is 0 Å². The summed E-state index contributed by atoms with van der Waals surface area (Å²) in [5.74, 6) is 0.514. The first kappa shape index (κ1) is 17.1. The van der Waals surface area contributed by atoms with Crippen molar-refractivity contribution in [3.8, 4) is 0 Å². The average molecular weight is 308 g/mol. The molecule has 0 spiro atoms. The van der Waals surface area contributed by atoms with Crippen molar-refractivity contribution in [3.63, 3.8) is 0 Å². The summed E-state index contributed by atoms with van der Waals surface area (Å²) in [6.45, 7) is 8.83. The first-order chi connectivity index (χ1) is 11.0. The molecule has 2 nitrogen and oxygen atoms in total. The molecular weight excluding hydrogens is 280 g/mol. The molecule has 0 fully saturated rings.